The molecule has 0 amide bonds. The minimum absolute atomic E-state index is 0.0197. The van der Waals surface area contributed by atoms with Crippen molar-refractivity contribution < 1.29 is 9.66 Å². The number of nitro benzene ring substituents is 1. The van der Waals surface area contributed by atoms with Gasteiger partial charge in [0.05, 0.1) is 11.5 Å². The molecule has 2 heterocycles. The molecule has 1 aliphatic rings. The van der Waals surface area contributed by atoms with Crippen LogP contribution in [-0.4, -0.2) is 66.6 Å². The van der Waals surface area contributed by atoms with Gasteiger partial charge in [0.15, 0.2) is 11.7 Å². The Kier molecular flexibility index (Phi) is 9.71. The maximum atomic E-state index is 11.4. The Morgan fingerprint density at radius 1 is 1.05 bits per heavy atom. The molecular weight excluding hydrogens is 575 g/mol. The highest BCUT2D eigenvalue weighted by atomic mass is 35.5. The third kappa shape index (κ3) is 7.09. The Bertz CT molecular complexity index is 1570. The molecule has 1 aliphatic heterocycles. The Labute approximate surface area is 255 Å². The highest BCUT2D eigenvalue weighted by molar-refractivity contribution is 6.35. The van der Waals surface area contributed by atoms with Crippen molar-refractivity contribution in [3.05, 3.63) is 98.1 Å². The van der Waals surface area contributed by atoms with Gasteiger partial charge in [0.25, 0.3) is 0 Å². The number of H-pyrrole nitrogens is 1. The number of nitro groups is 1. The molecule has 5 rings (SSSR count). The minimum atomic E-state index is -0.408. The average Bonchev–Trinajstić information content (AvgIpc) is 3.47. The number of hydrogen-bond donors (Lipinski definition) is 2. The Morgan fingerprint density at radius 2 is 1.88 bits per heavy atom. The molecule has 0 saturated carbocycles. The van der Waals surface area contributed by atoms with Gasteiger partial charge in [-0.3, -0.25) is 15.1 Å². The van der Waals surface area contributed by atoms with Crippen molar-refractivity contribution in [3.63, 3.8) is 0 Å². The third-order valence-corrected chi connectivity index (χ3v) is 7.98. The number of benzene rings is 3. The van der Waals surface area contributed by atoms with E-state index in [1.165, 1.54) is 22.5 Å². The SMILES string of the molecule is CCOc1cc(N2CCN(C(=NCCc3ccc(Cl)cc3Cl)NCCc3cccc4cc[nH]c34)CC2)ccc1[N+](=O)[O-]. The van der Waals surface area contributed by atoms with Crippen molar-refractivity contribution in [2.24, 2.45) is 4.99 Å². The monoisotopic (exact) mass is 608 g/mol. The molecule has 0 atom stereocenters. The summed E-state index contributed by atoms with van der Waals surface area (Å²) in [5.41, 5.74) is 4.32. The molecule has 0 aliphatic carbocycles. The second-order valence-corrected chi connectivity index (χ2v) is 10.9. The first-order chi connectivity index (χ1) is 20.4. The van der Waals surface area contributed by atoms with E-state index in [-0.39, 0.29) is 5.69 Å². The normalized spacial score (nSPS) is 13.9. The van der Waals surface area contributed by atoms with Gasteiger partial charge in [0.1, 0.15) is 0 Å². The van der Waals surface area contributed by atoms with Crippen LogP contribution in [0.5, 0.6) is 5.75 Å². The maximum absolute atomic E-state index is 11.4. The van der Waals surface area contributed by atoms with Gasteiger partial charge in [-0.05, 0) is 60.5 Å². The van der Waals surface area contributed by atoms with E-state index in [0.717, 1.165) is 56.4 Å². The van der Waals surface area contributed by atoms with Gasteiger partial charge < -0.3 is 24.8 Å². The lowest BCUT2D eigenvalue weighted by molar-refractivity contribution is -0.385. The number of halogens is 2. The molecule has 1 aromatic heterocycles. The number of anilines is 1. The maximum Gasteiger partial charge on any atom is 0.311 e. The molecule has 0 spiro atoms. The van der Waals surface area contributed by atoms with E-state index in [9.17, 15) is 10.1 Å². The number of nitrogens with zero attached hydrogens (tertiary/aromatic N) is 4. The van der Waals surface area contributed by atoms with Crippen LogP contribution in [0.1, 0.15) is 18.1 Å². The van der Waals surface area contributed by atoms with Crippen LogP contribution in [-0.2, 0) is 12.8 Å². The lowest BCUT2D eigenvalue weighted by atomic mass is 10.1. The van der Waals surface area contributed by atoms with E-state index in [2.05, 4.69) is 44.4 Å². The highest BCUT2D eigenvalue weighted by Gasteiger charge is 2.23. The summed E-state index contributed by atoms with van der Waals surface area (Å²) in [6.07, 6.45) is 3.52. The molecule has 11 heteroatoms. The topological polar surface area (TPSA) is 99.0 Å². The summed E-state index contributed by atoms with van der Waals surface area (Å²) in [6, 6.07) is 19.1. The first-order valence-corrected chi connectivity index (χ1v) is 14.9. The van der Waals surface area contributed by atoms with Crippen LogP contribution in [0.3, 0.4) is 0 Å². The third-order valence-electron chi connectivity index (χ3n) is 7.39. The van der Waals surface area contributed by atoms with E-state index in [1.807, 2.05) is 25.3 Å². The standard InChI is InChI=1S/C31H34Cl2N6O3/c1-2-42-29-21-26(8-9-28(29)39(40)41)37-16-18-38(19-17-37)31(35-14-10-22-6-7-25(32)20-27(22)33)36-15-12-24-5-3-4-23-11-13-34-30(23)24/h3-9,11,13,20-21,34H,2,10,12,14-19H2,1H3,(H,35,36). The lowest BCUT2D eigenvalue weighted by Crippen LogP contribution is -2.53. The molecule has 2 N–H and O–H groups in total. The van der Waals surface area contributed by atoms with Crippen LogP contribution < -0.4 is 15.0 Å². The second-order valence-electron chi connectivity index (χ2n) is 10.0. The van der Waals surface area contributed by atoms with Gasteiger partial charge in [-0.15, -0.1) is 0 Å². The number of para-hydroxylation sites is 1. The number of aromatic nitrogens is 1. The minimum Gasteiger partial charge on any atom is -0.487 e. The molecule has 9 nitrogen and oxygen atoms in total. The number of nitrogens with one attached hydrogen (secondary N) is 2. The molecular formula is C31H34Cl2N6O3. The van der Waals surface area contributed by atoms with Gasteiger partial charge in [-0.1, -0.05) is 47.5 Å². The quantitative estimate of drug-likeness (QED) is 0.0944. The van der Waals surface area contributed by atoms with E-state index in [1.54, 1.807) is 18.2 Å². The first-order valence-electron chi connectivity index (χ1n) is 14.1. The number of hydrogen-bond acceptors (Lipinski definition) is 5. The largest absolute Gasteiger partial charge is 0.487 e. The predicted octanol–water partition coefficient (Wildman–Crippen LogP) is 6.33. The zero-order valence-electron chi connectivity index (χ0n) is 23.5. The molecule has 0 unspecified atom stereocenters. The summed E-state index contributed by atoms with van der Waals surface area (Å²) in [7, 11) is 0. The Morgan fingerprint density at radius 3 is 2.64 bits per heavy atom. The average molecular weight is 610 g/mol. The zero-order valence-corrected chi connectivity index (χ0v) is 25.0. The van der Waals surface area contributed by atoms with Crippen molar-refractivity contribution in [2.45, 2.75) is 19.8 Å². The summed E-state index contributed by atoms with van der Waals surface area (Å²) < 4.78 is 5.56. The van der Waals surface area contributed by atoms with Crippen LogP contribution in [0.25, 0.3) is 10.9 Å². The Hall–Kier alpha value is -3.95. The van der Waals surface area contributed by atoms with E-state index < -0.39 is 4.92 Å². The molecule has 3 aromatic carbocycles. The van der Waals surface area contributed by atoms with Crippen molar-refractivity contribution >= 4 is 51.4 Å². The van der Waals surface area contributed by atoms with Crippen molar-refractivity contribution in [3.8, 4) is 5.75 Å². The molecule has 42 heavy (non-hydrogen) atoms. The number of aliphatic imine (C=N–C) groups is 1. The van der Waals surface area contributed by atoms with Crippen molar-refractivity contribution in [1.29, 1.82) is 0 Å². The number of fused-ring (bicyclic) bond motifs is 1. The Balaban J connectivity index is 1.27. The fourth-order valence-electron chi connectivity index (χ4n) is 5.24. The molecule has 4 aromatic rings. The summed E-state index contributed by atoms with van der Waals surface area (Å²) in [6.45, 7) is 6.49. The number of ether oxygens (including phenoxy) is 1. The van der Waals surface area contributed by atoms with Gasteiger partial charge in [0, 0.05) is 78.8 Å². The predicted molar refractivity (Wildman–Crippen MR) is 171 cm³/mol. The van der Waals surface area contributed by atoms with E-state index >= 15 is 0 Å². The van der Waals surface area contributed by atoms with Gasteiger partial charge >= 0.3 is 5.69 Å². The molecule has 1 saturated heterocycles. The molecule has 220 valence electrons. The zero-order chi connectivity index (χ0) is 29.5. The van der Waals surface area contributed by atoms with Gasteiger partial charge in [-0.2, -0.15) is 0 Å². The van der Waals surface area contributed by atoms with Gasteiger partial charge in [0.2, 0.25) is 0 Å². The van der Waals surface area contributed by atoms with Crippen molar-refractivity contribution in [1.82, 2.24) is 15.2 Å². The second kappa shape index (κ2) is 13.8. The number of piperazine rings is 1. The van der Waals surface area contributed by atoms with Crippen molar-refractivity contribution in [2.75, 3.05) is 50.8 Å². The smallest absolute Gasteiger partial charge is 0.311 e. The highest BCUT2D eigenvalue weighted by Crippen LogP contribution is 2.32. The van der Waals surface area contributed by atoms with E-state index in [4.69, 9.17) is 32.9 Å². The fourth-order valence-corrected chi connectivity index (χ4v) is 5.74. The fraction of sp³-hybridized carbons (Fsp3) is 0.323. The summed E-state index contributed by atoms with van der Waals surface area (Å²) in [4.78, 5) is 23.8. The summed E-state index contributed by atoms with van der Waals surface area (Å²) in [5.74, 6) is 1.15. The first kappa shape index (κ1) is 29.5. The van der Waals surface area contributed by atoms with Crippen LogP contribution in [0, 0.1) is 10.1 Å². The van der Waals surface area contributed by atoms with Crippen LogP contribution >= 0.6 is 23.2 Å². The summed E-state index contributed by atoms with van der Waals surface area (Å²) >= 11 is 12.5. The molecule has 1 fully saturated rings. The van der Waals surface area contributed by atoms with E-state index in [0.29, 0.717) is 35.4 Å². The molecule has 0 bridgehead atoms. The van der Waals surface area contributed by atoms with Crippen LogP contribution in [0.15, 0.2) is 71.9 Å². The molecule has 0 radical (unpaired) electrons. The summed E-state index contributed by atoms with van der Waals surface area (Å²) in [5, 5.41) is 17.5. The van der Waals surface area contributed by atoms with Gasteiger partial charge in [-0.25, -0.2) is 0 Å². The van der Waals surface area contributed by atoms with Crippen LogP contribution in [0.4, 0.5) is 11.4 Å². The number of guanidine groups is 1. The number of rotatable bonds is 10. The lowest BCUT2D eigenvalue weighted by Gasteiger charge is -2.38. The number of aromatic amines is 1. The van der Waals surface area contributed by atoms with Crippen LogP contribution in [0.2, 0.25) is 10.0 Å².